The summed E-state index contributed by atoms with van der Waals surface area (Å²) >= 11 is 0. The van der Waals surface area contributed by atoms with Gasteiger partial charge in [-0.15, -0.1) is 0 Å². The van der Waals surface area contributed by atoms with Crippen molar-refractivity contribution in [2.45, 2.75) is 4.90 Å². The number of primary sulfonamides is 1. The van der Waals surface area contributed by atoms with E-state index in [9.17, 15) is 8.42 Å². The predicted molar refractivity (Wildman–Crippen MR) is 52.1 cm³/mol. The molecule has 6 heteroatoms. The first kappa shape index (κ1) is 9.17. The Labute approximate surface area is 81.2 Å². The van der Waals surface area contributed by atoms with Crippen LogP contribution in [0.3, 0.4) is 0 Å². The summed E-state index contributed by atoms with van der Waals surface area (Å²) in [5.74, 6) is 0. The van der Waals surface area contributed by atoms with Crippen LogP contribution in [0.15, 0.2) is 29.3 Å². The monoisotopic (exact) mass is 211 g/mol. The van der Waals surface area contributed by atoms with Crippen molar-refractivity contribution >= 4 is 20.9 Å². The Kier molecular flexibility index (Phi) is 1.83. The van der Waals surface area contributed by atoms with Crippen LogP contribution in [0, 0.1) is 0 Å². The van der Waals surface area contributed by atoms with Gasteiger partial charge < -0.3 is 0 Å². The molecule has 74 valence electrons. The third kappa shape index (κ3) is 1.38. The van der Waals surface area contributed by atoms with Gasteiger partial charge in [-0.1, -0.05) is 0 Å². The summed E-state index contributed by atoms with van der Waals surface area (Å²) in [6.45, 7) is 0. The van der Waals surface area contributed by atoms with Gasteiger partial charge in [0.25, 0.3) is 0 Å². The second kappa shape index (κ2) is 2.79. The smallest absolute Gasteiger partial charge is 0.238 e. The van der Waals surface area contributed by atoms with Crippen LogP contribution in [0.4, 0.5) is 0 Å². The number of rotatable bonds is 1. The summed E-state index contributed by atoms with van der Waals surface area (Å²) in [6, 6.07) is 4.67. The van der Waals surface area contributed by atoms with Crippen molar-refractivity contribution in [2.75, 3.05) is 0 Å². The van der Waals surface area contributed by atoms with E-state index in [1.165, 1.54) is 12.1 Å². The number of aryl methyl sites for hydroxylation is 1. The van der Waals surface area contributed by atoms with Crippen molar-refractivity contribution in [3.05, 3.63) is 24.4 Å². The van der Waals surface area contributed by atoms with Gasteiger partial charge in [-0.3, -0.25) is 4.68 Å². The maximum atomic E-state index is 11.0. The standard InChI is InChI=1S/C8H9N3O2S/c1-11-8-3-2-7(14(9,12)13)4-6(8)5-10-11/h2-5H,1H3,(H2,9,12,13). The zero-order chi connectivity index (χ0) is 10.3. The third-order valence-electron chi connectivity index (χ3n) is 2.05. The third-order valence-corrected chi connectivity index (χ3v) is 2.96. The van der Waals surface area contributed by atoms with Crippen LogP contribution in [0.5, 0.6) is 0 Å². The zero-order valence-corrected chi connectivity index (χ0v) is 8.32. The first-order valence-corrected chi connectivity index (χ1v) is 5.48. The number of fused-ring (bicyclic) bond motifs is 1. The molecule has 0 unspecified atom stereocenters. The lowest BCUT2D eigenvalue weighted by Crippen LogP contribution is -2.11. The largest absolute Gasteiger partial charge is 0.268 e. The summed E-state index contributed by atoms with van der Waals surface area (Å²) in [5.41, 5.74) is 0.873. The molecule has 0 amide bonds. The molecule has 0 bridgehead atoms. The highest BCUT2D eigenvalue weighted by atomic mass is 32.2. The maximum absolute atomic E-state index is 11.0. The molecule has 0 aliphatic carbocycles. The Bertz CT molecular complexity index is 586. The molecule has 0 radical (unpaired) electrons. The Balaban J connectivity index is 2.76. The molecule has 2 aromatic rings. The quantitative estimate of drug-likeness (QED) is 0.733. The molecule has 0 atom stereocenters. The van der Waals surface area contributed by atoms with E-state index in [1.54, 1.807) is 24.0 Å². The lowest BCUT2D eigenvalue weighted by molar-refractivity contribution is 0.598. The van der Waals surface area contributed by atoms with Crippen LogP contribution in [0.25, 0.3) is 10.9 Å². The van der Waals surface area contributed by atoms with Gasteiger partial charge in [0.1, 0.15) is 0 Å². The van der Waals surface area contributed by atoms with Crippen LogP contribution in [0.1, 0.15) is 0 Å². The maximum Gasteiger partial charge on any atom is 0.238 e. The number of aromatic nitrogens is 2. The van der Waals surface area contributed by atoms with E-state index in [2.05, 4.69) is 5.10 Å². The first-order valence-electron chi connectivity index (χ1n) is 3.93. The van der Waals surface area contributed by atoms with Crippen molar-refractivity contribution in [2.24, 2.45) is 12.2 Å². The molecule has 2 N–H and O–H groups in total. The van der Waals surface area contributed by atoms with E-state index in [0.29, 0.717) is 0 Å². The van der Waals surface area contributed by atoms with Gasteiger partial charge in [-0.25, -0.2) is 13.6 Å². The fourth-order valence-corrected chi connectivity index (χ4v) is 1.87. The Morgan fingerprint density at radius 2 is 2.14 bits per heavy atom. The fourth-order valence-electron chi connectivity index (χ4n) is 1.32. The predicted octanol–water partition coefficient (Wildman–Crippen LogP) is 0.221. The van der Waals surface area contributed by atoms with Crippen LogP contribution < -0.4 is 5.14 Å². The van der Waals surface area contributed by atoms with Crippen LogP contribution >= 0.6 is 0 Å². The van der Waals surface area contributed by atoms with Gasteiger partial charge in [0.15, 0.2) is 0 Å². The average molecular weight is 211 g/mol. The van der Waals surface area contributed by atoms with E-state index in [4.69, 9.17) is 5.14 Å². The number of benzene rings is 1. The molecule has 1 heterocycles. The van der Waals surface area contributed by atoms with E-state index in [-0.39, 0.29) is 4.90 Å². The lowest BCUT2D eigenvalue weighted by Gasteiger charge is -1.98. The number of nitrogens with zero attached hydrogens (tertiary/aromatic N) is 2. The summed E-state index contributed by atoms with van der Waals surface area (Å²) in [7, 11) is -1.83. The fraction of sp³-hybridized carbons (Fsp3) is 0.125. The zero-order valence-electron chi connectivity index (χ0n) is 7.51. The molecule has 0 fully saturated rings. The lowest BCUT2D eigenvalue weighted by atomic mass is 10.3. The number of sulfonamides is 1. The first-order chi connectivity index (χ1) is 6.48. The van der Waals surface area contributed by atoms with Gasteiger partial charge in [0, 0.05) is 12.4 Å². The summed E-state index contributed by atoms with van der Waals surface area (Å²) in [5, 5.41) is 9.76. The minimum atomic E-state index is -3.62. The van der Waals surface area contributed by atoms with Gasteiger partial charge in [0.2, 0.25) is 10.0 Å². The highest BCUT2D eigenvalue weighted by Gasteiger charge is 2.09. The molecule has 0 saturated heterocycles. The van der Waals surface area contributed by atoms with Crippen LogP contribution in [0.2, 0.25) is 0 Å². The molecule has 0 saturated carbocycles. The summed E-state index contributed by atoms with van der Waals surface area (Å²) < 4.78 is 23.7. The van der Waals surface area contributed by atoms with Crippen molar-refractivity contribution in [1.29, 1.82) is 0 Å². The average Bonchev–Trinajstić information content (AvgIpc) is 2.46. The SMILES string of the molecule is Cn1ncc2cc(S(N)(=O)=O)ccc21. The normalized spacial score (nSPS) is 12.1. The van der Waals surface area contributed by atoms with Crippen molar-refractivity contribution < 1.29 is 8.42 Å². The minimum absolute atomic E-state index is 0.109. The molecule has 1 aromatic heterocycles. The van der Waals surface area contributed by atoms with Gasteiger partial charge in [-0.2, -0.15) is 5.10 Å². The van der Waals surface area contributed by atoms with Crippen molar-refractivity contribution in [3.8, 4) is 0 Å². The highest BCUT2D eigenvalue weighted by Crippen LogP contribution is 2.16. The molecule has 0 aliphatic heterocycles. The number of hydrogen-bond donors (Lipinski definition) is 1. The highest BCUT2D eigenvalue weighted by molar-refractivity contribution is 7.89. The summed E-state index contributed by atoms with van der Waals surface area (Å²) in [4.78, 5) is 0.109. The molecule has 0 spiro atoms. The molecular weight excluding hydrogens is 202 g/mol. The topological polar surface area (TPSA) is 78.0 Å². The molecule has 2 rings (SSSR count). The van der Waals surface area contributed by atoms with Gasteiger partial charge >= 0.3 is 0 Å². The van der Waals surface area contributed by atoms with E-state index < -0.39 is 10.0 Å². The second-order valence-electron chi connectivity index (χ2n) is 3.03. The Morgan fingerprint density at radius 3 is 2.79 bits per heavy atom. The van der Waals surface area contributed by atoms with Crippen molar-refractivity contribution in [3.63, 3.8) is 0 Å². The molecular formula is C8H9N3O2S. The Morgan fingerprint density at radius 1 is 1.43 bits per heavy atom. The molecule has 0 aliphatic rings. The minimum Gasteiger partial charge on any atom is -0.268 e. The van der Waals surface area contributed by atoms with E-state index in [0.717, 1.165) is 10.9 Å². The number of hydrogen-bond acceptors (Lipinski definition) is 3. The Hall–Kier alpha value is -1.40. The summed E-state index contributed by atoms with van der Waals surface area (Å²) in [6.07, 6.45) is 1.60. The van der Waals surface area contributed by atoms with E-state index >= 15 is 0 Å². The molecule has 1 aromatic carbocycles. The van der Waals surface area contributed by atoms with E-state index in [1.807, 2.05) is 0 Å². The number of nitrogens with two attached hydrogens (primary N) is 1. The second-order valence-corrected chi connectivity index (χ2v) is 4.60. The van der Waals surface area contributed by atoms with Crippen LogP contribution in [-0.4, -0.2) is 18.2 Å². The van der Waals surface area contributed by atoms with Crippen molar-refractivity contribution in [1.82, 2.24) is 9.78 Å². The molecule has 14 heavy (non-hydrogen) atoms. The van der Waals surface area contributed by atoms with Gasteiger partial charge in [0.05, 0.1) is 16.6 Å². The van der Waals surface area contributed by atoms with Gasteiger partial charge in [-0.05, 0) is 18.2 Å². The van der Waals surface area contributed by atoms with Crippen LogP contribution in [-0.2, 0) is 17.1 Å². The molecule has 5 nitrogen and oxygen atoms in total.